The second-order valence-electron chi connectivity index (χ2n) is 6.30. The van der Waals surface area contributed by atoms with E-state index in [0.29, 0.717) is 10.0 Å². The van der Waals surface area contributed by atoms with Gasteiger partial charge in [0.15, 0.2) is 0 Å². The molecule has 1 fully saturated rings. The number of carbonyl (C=O) groups excluding carboxylic acids is 1. The number of nitrogens with two attached hydrogens (primary N) is 1. The maximum Gasteiger partial charge on any atom is 0.223 e. The van der Waals surface area contributed by atoms with Crippen LogP contribution in [0.1, 0.15) is 36.4 Å². The van der Waals surface area contributed by atoms with Crippen LogP contribution in [0.25, 0.3) is 0 Å². The molecule has 0 heterocycles. The van der Waals surface area contributed by atoms with Crippen LogP contribution in [0.3, 0.4) is 0 Å². The van der Waals surface area contributed by atoms with Gasteiger partial charge in [0.1, 0.15) is 0 Å². The van der Waals surface area contributed by atoms with Crippen molar-refractivity contribution in [3.05, 3.63) is 69.7 Å². The van der Waals surface area contributed by atoms with Crippen LogP contribution in [0, 0.1) is 5.92 Å². The van der Waals surface area contributed by atoms with Crippen molar-refractivity contribution in [1.82, 2.24) is 5.32 Å². The lowest BCUT2D eigenvalue weighted by Gasteiger charge is -2.22. The van der Waals surface area contributed by atoms with E-state index in [9.17, 15) is 4.79 Å². The molecule has 0 spiro atoms. The topological polar surface area (TPSA) is 55.1 Å². The Kier molecular flexibility index (Phi) is 7.14. The number of halogens is 3. The Morgan fingerprint density at radius 2 is 1.76 bits per heavy atom. The average molecular weight is 400 g/mol. The van der Waals surface area contributed by atoms with E-state index in [1.165, 1.54) is 0 Å². The van der Waals surface area contributed by atoms with Gasteiger partial charge in [-0.15, -0.1) is 12.4 Å². The van der Waals surface area contributed by atoms with Gasteiger partial charge in [-0.25, -0.2) is 0 Å². The highest BCUT2D eigenvalue weighted by molar-refractivity contribution is 6.42. The normalized spacial score (nSPS) is 20.6. The molecule has 2 aromatic rings. The number of amides is 1. The third-order valence-corrected chi connectivity index (χ3v) is 5.28. The van der Waals surface area contributed by atoms with Crippen molar-refractivity contribution in [2.45, 2.75) is 31.3 Å². The molecular weight excluding hydrogens is 379 g/mol. The van der Waals surface area contributed by atoms with E-state index in [1.54, 1.807) is 6.07 Å². The molecule has 1 saturated carbocycles. The van der Waals surface area contributed by atoms with Gasteiger partial charge in [0.05, 0.1) is 16.1 Å². The smallest absolute Gasteiger partial charge is 0.223 e. The molecule has 1 aliphatic carbocycles. The summed E-state index contributed by atoms with van der Waals surface area (Å²) >= 11 is 12.2. The lowest BCUT2D eigenvalue weighted by molar-refractivity contribution is -0.125. The zero-order valence-corrected chi connectivity index (χ0v) is 16.0. The van der Waals surface area contributed by atoms with E-state index < -0.39 is 0 Å². The Morgan fingerprint density at radius 3 is 2.36 bits per heavy atom. The predicted molar refractivity (Wildman–Crippen MR) is 105 cm³/mol. The van der Waals surface area contributed by atoms with Crippen LogP contribution in [0.4, 0.5) is 0 Å². The zero-order chi connectivity index (χ0) is 17.1. The SMILES string of the molecule is Cl.NC1CCC(C(=O)NC(c2ccccc2)c2ccc(Cl)c(Cl)c2)C1. The molecule has 3 N–H and O–H groups in total. The molecule has 3 rings (SSSR count). The summed E-state index contributed by atoms with van der Waals surface area (Å²) in [5.41, 5.74) is 7.85. The largest absolute Gasteiger partial charge is 0.345 e. The molecule has 1 amide bonds. The molecule has 0 aromatic heterocycles. The molecule has 0 saturated heterocycles. The summed E-state index contributed by atoms with van der Waals surface area (Å²) in [6.45, 7) is 0. The molecular formula is C19H21Cl3N2O. The van der Waals surface area contributed by atoms with E-state index in [4.69, 9.17) is 28.9 Å². The summed E-state index contributed by atoms with van der Waals surface area (Å²) in [5, 5.41) is 4.14. The van der Waals surface area contributed by atoms with Crippen molar-refractivity contribution in [3.63, 3.8) is 0 Å². The van der Waals surface area contributed by atoms with E-state index in [-0.39, 0.29) is 36.3 Å². The van der Waals surface area contributed by atoms with Crippen LogP contribution in [0.5, 0.6) is 0 Å². The molecule has 25 heavy (non-hydrogen) atoms. The standard InChI is InChI=1S/C19H20Cl2N2O.ClH/c20-16-9-7-13(11-17(16)21)18(12-4-2-1-3-5-12)23-19(24)14-6-8-15(22)10-14;/h1-5,7,9,11,14-15,18H,6,8,10,22H2,(H,23,24);1H. The predicted octanol–water partition coefficient (Wildman–Crippen LogP) is 4.75. The molecule has 3 unspecified atom stereocenters. The summed E-state index contributed by atoms with van der Waals surface area (Å²) in [7, 11) is 0. The summed E-state index contributed by atoms with van der Waals surface area (Å²) < 4.78 is 0. The fraction of sp³-hybridized carbons (Fsp3) is 0.316. The fourth-order valence-electron chi connectivity index (χ4n) is 3.21. The number of hydrogen-bond acceptors (Lipinski definition) is 2. The van der Waals surface area contributed by atoms with Crippen molar-refractivity contribution in [3.8, 4) is 0 Å². The van der Waals surface area contributed by atoms with Crippen molar-refractivity contribution in [2.75, 3.05) is 0 Å². The van der Waals surface area contributed by atoms with Crippen molar-refractivity contribution < 1.29 is 4.79 Å². The monoisotopic (exact) mass is 398 g/mol. The molecule has 1 aliphatic rings. The lowest BCUT2D eigenvalue weighted by Crippen LogP contribution is -2.34. The van der Waals surface area contributed by atoms with Crippen LogP contribution in [0.2, 0.25) is 10.0 Å². The highest BCUT2D eigenvalue weighted by Gasteiger charge is 2.29. The number of rotatable bonds is 4. The Bertz CT molecular complexity index is 724. The third-order valence-electron chi connectivity index (χ3n) is 4.54. The van der Waals surface area contributed by atoms with Crippen LogP contribution < -0.4 is 11.1 Å². The Labute approximate surface area is 164 Å². The van der Waals surface area contributed by atoms with Gasteiger partial charge in [-0.1, -0.05) is 59.6 Å². The quantitative estimate of drug-likeness (QED) is 0.779. The number of benzene rings is 2. The Balaban J connectivity index is 0.00000225. The summed E-state index contributed by atoms with van der Waals surface area (Å²) in [4.78, 5) is 12.7. The molecule has 3 atom stereocenters. The van der Waals surface area contributed by atoms with Gasteiger partial charge >= 0.3 is 0 Å². The lowest BCUT2D eigenvalue weighted by atomic mass is 9.97. The molecule has 0 aliphatic heterocycles. The third kappa shape index (κ3) is 4.89. The first-order valence-corrected chi connectivity index (χ1v) is 8.86. The first-order valence-electron chi connectivity index (χ1n) is 8.10. The fourth-order valence-corrected chi connectivity index (χ4v) is 3.52. The number of nitrogens with one attached hydrogen (secondary N) is 1. The molecule has 134 valence electrons. The molecule has 0 radical (unpaired) electrons. The zero-order valence-electron chi connectivity index (χ0n) is 13.6. The molecule has 6 heteroatoms. The first-order chi connectivity index (χ1) is 11.5. The van der Waals surface area contributed by atoms with E-state index in [2.05, 4.69) is 5.32 Å². The van der Waals surface area contributed by atoms with Crippen molar-refractivity contribution in [2.24, 2.45) is 11.7 Å². The highest BCUT2D eigenvalue weighted by Crippen LogP contribution is 2.30. The number of carbonyl (C=O) groups is 1. The maximum absolute atomic E-state index is 12.7. The average Bonchev–Trinajstić information content (AvgIpc) is 3.02. The second kappa shape index (κ2) is 8.91. The molecule has 3 nitrogen and oxygen atoms in total. The van der Waals surface area contributed by atoms with E-state index >= 15 is 0 Å². The molecule has 2 aromatic carbocycles. The summed E-state index contributed by atoms with van der Waals surface area (Å²) in [6.07, 6.45) is 2.49. The minimum Gasteiger partial charge on any atom is -0.345 e. The second-order valence-corrected chi connectivity index (χ2v) is 7.11. The summed E-state index contributed by atoms with van der Waals surface area (Å²) in [6, 6.07) is 15.2. The van der Waals surface area contributed by atoms with Gasteiger partial charge in [0.25, 0.3) is 0 Å². The van der Waals surface area contributed by atoms with Crippen LogP contribution in [-0.4, -0.2) is 11.9 Å². The number of hydrogen-bond donors (Lipinski definition) is 2. The Morgan fingerprint density at radius 1 is 1.04 bits per heavy atom. The first kappa shape index (κ1) is 20.1. The van der Waals surface area contributed by atoms with Crippen LogP contribution in [0.15, 0.2) is 48.5 Å². The van der Waals surface area contributed by atoms with Gasteiger partial charge < -0.3 is 11.1 Å². The maximum atomic E-state index is 12.7. The minimum absolute atomic E-state index is 0. The molecule has 0 bridgehead atoms. The van der Waals surface area contributed by atoms with Gasteiger partial charge in [-0.3, -0.25) is 4.79 Å². The van der Waals surface area contributed by atoms with Crippen LogP contribution >= 0.6 is 35.6 Å². The van der Waals surface area contributed by atoms with Gasteiger partial charge in [-0.05, 0) is 42.5 Å². The summed E-state index contributed by atoms with van der Waals surface area (Å²) in [5.74, 6) is 0.0249. The van der Waals surface area contributed by atoms with Gasteiger partial charge in [0.2, 0.25) is 5.91 Å². The Hall–Kier alpha value is -1.26. The highest BCUT2D eigenvalue weighted by atomic mass is 35.5. The van der Waals surface area contributed by atoms with Gasteiger partial charge in [0, 0.05) is 12.0 Å². The van der Waals surface area contributed by atoms with E-state index in [0.717, 1.165) is 30.4 Å². The minimum atomic E-state index is -0.259. The van der Waals surface area contributed by atoms with Crippen molar-refractivity contribution >= 4 is 41.5 Å². The van der Waals surface area contributed by atoms with Crippen LogP contribution in [-0.2, 0) is 4.79 Å². The van der Waals surface area contributed by atoms with Gasteiger partial charge in [-0.2, -0.15) is 0 Å². The van der Waals surface area contributed by atoms with E-state index in [1.807, 2.05) is 42.5 Å². The van der Waals surface area contributed by atoms with Crippen molar-refractivity contribution in [1.29, 1.82) is 0 Å².